The molecule has 0 saturated heterocycles. The molecule has 16 heavy (non-hydrogen) atoms. The summed E-state index contributed by atoms with van der Waals surface area (Å²) in [5.74, 6) is 0.726. The van der Waals surface area contributed by atoms with Gasteiger partial charge >= 0.3 is 0 Å². The van der Waals surface area contributed by atoms with E-state index in [0.29, 0.717) is 13.1 Å². The van der Waals surface area contributed by atoms with Crippen LogP contribution in [0, 0.1) is 0 Å². The zero-order valence-electron chi connectivity index (χ0n) is 9.43. The molecule has 0 aliphatic carbocycles. The number of nitrogens with one attached hydrogen (secondary N) is 1. The fourth-order valence-corrected chi connectivity index (χ4v) is 1.80. The Morgan fingerprint density at radius 1 is 1.62 bits per heavy atom. The van der Waals surface area contributed by atoms with E-state index in [1.165, 1.54) is 0 Å². The second-order valence-electron chi connectivity index (χ2n) is 3.50. The molecule has 0 spiro atoms. The second-order valence-corrected chi connectivity index (χ2v) is 5.06. The van der Waals surface area contributed by atoms with Crippen molar-refractivity contribution in [1.82, 2.24) is 20.3 Å². The number of hydrogen-bond donors (Lipinski definition) is 2. The highest BCUT2D eigenvalue weighted by molar-refractivity contribution is 7.84. The van der Waals surface area contributed by atoms with Crippen molar-refractivity contribution in [2.24, 2.45) is 0 Å². The molecular formula is C9H18N4O2S. The van der Waals surface area contributed by atoms with Crippen LogP contribution < -0.4 is 5.32 Å². The van der Waals surface area contributed by atoms with Gasteiger partial charge in [0.1, 0.15) is 0 Å². The molecule has 2 N–H and O–H groups in total. The van der Waals surface area contributed by atoms with Gasteiger partial charge in [0.05, 0.1) is 18.8 Å². The van der Waals surface area contributed by atoms with E-state index < -0.39 is 10.8 Å². The van der Waals surface area contributed by atoms with Crippen LogP contribution in [0.1, 0.15) is 12.1 Å². The molecule has 1 rings (SSSR count). The maximum atomic E-state index is 10.8. The Hall–Kier alpha value is -0.790. The average molecular weight is 246 g/mol. The van der Waals surface area contributed by atoms with Crippen molar-refractivity contribution in [3.8, 4) is 0 Å². The number of aliphatic hydroxyl groups excluding tert-OH is 1. The highest BCUT2D eigenvalue weighted by Gasteiger charge is 1.99. The van der Waals surface area contributed by atoms with Crippen molar-refractivity contribution in [3.05, 3.63) is 11.9 Å². The van der Waals surface area contributed by atoms with E-state index in [1.54, 1.807) is 17.1 Å². The summed E-state index contributed by atoms with van der Waals surface area (Å²) >= 11 is 0. The lowest BCUT2D eigenvalue weighted by atomic mass is 10.4. The summed E-state index contributed by atoms with van der Waals surface area (Å²) < 4.78 is 12.4. The first-order valence-corrected chi connectivity index (χ1v) is 6.95. The normalized spacial score (nSPS) is 12.9. The monoisotopic (exact) mass is 246 g/mol. The van der Waals surface area contributed by atoms with Crippen molar-refractivity contribution in [2.75, 3.05) is 25.2 Å². The standard InChI is InChI=1S/C9H18N4O2S/c1-16(15)6-2-3-10-7-9-8-13(4-5-14)12-11-9/h8,10,14H,2-7H2,1H3. The summed E-state index contributed by atoms with van der Waals surface area (Å²) in [5, 5.41) is 19.7. The van der Waals surface area contributed by atoms with E-state index in [4.69, 9.17) is 5.11 Å². The maximum absolute atomic E-state index is 10.8. The van der Waals surface area contributed by atoms with Crippen molar-refractivity contribution >= 4 is 10.8 Å². The lowest BCUT2D eigenvalue weighted by molar-refractivity contribution is 0.268. The minimum atomic E-state index is -0.712. The molecule has 0 aliphatic heterocycles. The first kappa shape index (κ1) is 13.3. The van der Waals surface area contributed by atoms with Gasteiger partial charge in [-0.15, -0.1) is 5.10 Å². The van der Waals surface area contributed by atoms with E-state index in [1.807, 2.05) is 0 Å². The Morgan fingerprint density at radius 2 is 2.44 bits per heavy atom. The van der Waals surface area contributed by atoms with Crippen LogP contribution in [0.3, 0.4) is 0 Å². The predicted molar refractivity (Wildman–Crippen MR) is 62.4 cm³/mol. The van der Waals surface area contributed by atoms with Gasteiger partial charge in [-0.05, 0) is 13.0 Å². The summed E-state index contributed by atoms with van der Waals surface area (Å²) in [6, 6.07) is 0. The predicted octanol–water partition coefficient (Wildman–Crippen LogP) is -0.871. The van der Waals surface area contributed by atoms with Crippen LogP contribution in [0.5, 0.6) is 0 Å². The van der Waals surface area contributed by atoms with Crippen LogP contribution in [-0.4, -0.2) is 49.5 Å². The largest absolute Gasteiger partial charge is 0.394 e. The van der Waals surface area contributed by atoms with Gasteiger partial charge in [-0.1, -0.05) is 5.21 Å². The van der Waals surface area contributed by atoms with Crippen LogP contribution in [0.2, 0.25) is 0 Å². The summed E-state index contributed by atoms with van der Waals surface area (Å²) in [5.41, 5.74) is 0.853. The second kappa shape index (κ2) is 7.48. The minimum absolute atomic E-state index is 0.0680. The molecule has 0 aliphatic rings. The third kappa shape index (κ3) is 5.34. The minimum Gasteiger partial charge on any atom is -0.394 e. The number of rotatable bonds is 8. The molecule has 0 amide bonds. The molecule has 92 valence electrons. The molecule has 1 heterocycles. The van der Waals surface area contributed by atoms with Crippen LogP contribution in [0.25, 0.3) is 0 Å². The Labute approximate surface area is 97.5 Å². The molecule has 0 bridgehead atoms. The van der Waals surface area contributed by atoms with Gasteiger partial charge in [0, 0.05) is 35.5 Å². The van der Waals surface area contributed by atoms with Gasteiger partial charge in [-0.3, -0.25) is 4.21 Å². The van der Waals surface area contributed by atoms with E-state index >= 15 is 0 Å². The SMILES string of the molecule is CS(=O)CCCNCc1cn(CCO)nn1. The van der Waals surface area contributed by atoms with Gasteiger partial charge in [-0.2, -0.15) is 0 Å². The molecule has 0 saturated carbocycles. The first-order chi connectivity index (χ1) is 7.72. The highest BCUT2D eigenvalue weighted by Crippen LogP contribution is 1.92. The zero-order valence-corrected chi connectivity index (χ0v) is 10.2. The Bertz CT molecular complexity index is 329. The van der Waals surface area contributed by atoms with Gasteiger partial charge in [0.2, 0.25) is 0 Å². The van der Waals surface area contributed by atoms with Gasteiger partial charge in [-0.25, -0.2) is 4.68 Å². The van der Waals surface area contributed by atoms with E-state index in [-0.39, 0.29) is 6.61 Å². The van der Waals surface area contributed by atoms with Crippen LogP contribution in [0.4, 0.5) is 0 Å². The van der Waals surface area contributed by atoms with Gasteiger partial charge in [0.25, 0.3) is 0 Å². The topological polar surface area (TPSA) is 80.0 Å². The Balaban J connectivity index is 2.14. The molecular weight excluding hydrogens is 228 g/mol. The summed E-state index contributed by atoms with van der Waals surface area (Å²) in [7, 11) is -0.712. The van der Waals surface area contributed by atoms with E-state index in [9.17, 15) is 4.21 Å². The van der Waals surface area contributed by atoms with E-state index in [2.05, 4.69) is 15.6 Å². The molecule has 0 radical (unpaired) electrons. The fraction of sp³-hybridized carbons (Fsp3) is 0.778. The molecule has 6 nitrogen and oxygen atoms in total. The summed E-state index contributed by atoms with van der Waals surface area (Å²) in [6.45, 7) is 2.02. The fourth-order valence-electron chi connectivity index (χ4n) is 1.25. The van der Waals surface area contributed by atoms with Crippen molar-refractivity contribution < 1.29 is 9.32 Å². The Kier molecular flexibility index (Phi) is 6.20. The zero-order chi connectivity index (χ0) is 11.8. The molecule has 0 aromatic carbocycles. The number of aromatic nitrogens is 3. The maximum Gasteiger partial charge on any atom is 0.0964 e. The number of nitrogens with zero attached hydrogens (tertiary/aromatic N) is 3. The Morgan fingerprint density at radius 3 is 3.12 bits per heavy atom. The van der Waals surface area contributed by atoms with Crippen molar-refractivity contribution in [2.45, 2.75) is 19.5 Å². The van der Waals surface area contributed by atoms with E-state index in [0.717, 1.165) is 24.4 Å². The van der Waals surface area contributed by atoms with Crippen LogP contribution in [-0.2, 0) is 23.9 Å². The van der Waals surface area contributed by atoms with Crippen LogP contribution in [0.15, 0.2) is 6.20 Å². The third-order valence-corrected chi connectivity index (χ3v) is 2.87. The van der Waals surface area contributed by atoms with Crippen LogP contribution >= 0.6 is 0 Å². The quantitative estimate of drug-likeness (QED) is 0.583. The molecule has 1 aromatic rings. The molecule has 1 unspecified atom stereocenters. The smallest absolute Gasteiger partial charge is 0.0964 e. The first-order valence-electron chi connectivity index (χ1n) is 5.23. The molecule has 1 aromatic heterocycles. The van der Waals surface area contributed by atoms with Gasteiger partial charge < -0.3 is 10.4 Å². The number of hydrogen-bond acceptors (Lipinski definition) is 5. The molecule has 0 fully saturated rings. The van der Waals surface area contributed by atoms with Crippen molar-refractivity contribution in [1.29, 1.82) is 0 Å². The van der Waals surface area contributed by atoms with Gasteiger partial charge in [0.15, 0.2) is 0 Å². The van der Waals surface area contributed by atoms with Crippen molar-refractivity contribution in [3.63, 3.8) is 0 Å². The molecule has 1 atom stereocenters. The number of aliphatic hydroxyl groups is 1. The summed E-state index contributed by atoms with van der Waals surface area (Å²) in [4.78, 5) is 0. The third-order valence-electron chi connectivity index (χ3n) is 2.01. The highest BCUT2D eigenvalue weighted by atomic mass is 32.2. The lowest BCUT2D eigenvalue weighted by Gasteiger charge is -2.00. The summed E-state index contributed by atoms with van der Waals surface area (Å²) in [6.07, 6.45) is 4.41. The lowest BCUT2D eigenvalue weighted by Crippen LogP contribution is -2.16. The average Bonchev–Trinajstić information content (AvgIpc) is 2.65. The molecule has 7 heteroatoms.